The van der Waals surface area contributed by atoms with E-state index in [-0.39, 0.29) is 0 Å². The number of hydrogen-bond acceptors (Lipinski definition) is 2. The third kappa shape index (κ3) is 4.48. The highest BCUT2D eigenvalue weighted by Gasteiger charge is 2.19. The number of aryl methyl sites for hydroxylation is 2. The van der Waals surface area contributed by atoms with E-state index < -0.39 is 0 Å². The van der Waals surface area contributed by atoms with E-state index >= 15 is 0 Å². The molecule has 0 aliphatic carbocycles. The van der Waals surface area contributed by atoms with Crippen molar-refractivity contribution in [3.05, 3.63) is 34.9 Å². The minimum Gasteiger partial charge on any atom is -0.377 e. The molecule has 0 unspecified atom stereocenters. The lowest BCUT2D eigenvalue weighted by atomic mass is 10.0. The van der Waals surface area contributed by atoms with Crippen molar-refractivity contribution in [2.24, 2.45) is 0 Å². The third-order valence-corrected chi connectivity index (χ3v) is 4.02. The van der Waals surface area contributed by atoms with Crippen LogP contribution in [0.25, 0.3) is 0 Å². The Morgan fingerprint density at radius 3 is 2.68 bits per heavy atom. The topological polar surface area (TPSA) is 12.5 Å². The van der Waals surface area contributed by atoms with Crippen molar-refractivity contribution >= 4 is 11.6 Å². The predicted molar refractivity (Wildman–Crippen MR) is 80.9 cm³/mol. The molecule has 1 aromatic carbocycles. The van der Waals surface area contributed by atoms with Gasteiger partial charge in [0.25, 0.3) is 0 Å². The lowest BCUT2D eigenvalue weighted by Crippen LogP contribution is -2.36. The van der Waals surface area contributed by atoms with Crippen LogP contribution in [0.15, 0.2) is 18.2 Å². The van der Waals surface area contributed by atoms with Crippen LogP contribution < -0.4 is 0 Å². The zero-order chi connectivity index (χ0) is 13.7. The zero-order valence-corrected chi connectivity index (χ0v) is 12.7. The summed E-state index contributed by atoms with van der Waals surface area (Å²) in [4.78, 5) is 2.53. The molecule has 3 heteroatoms. The molecule has 19 heavy (non-hydrogen) atoms. The minimum absolute atomic E-state index is 0.411. The summed E-state index contributed by atoms with van der Waals surface area (Å²) in [6.07, 6.45) is 2.66. The highest BCUT2D eigenvalue weighted by molar-refractivity contribution is 6.17. The summed E-state index contributed by atoms with van der Waals surface area (Å²) in [5.74, 6) is 0.600. The highest BCUT2D eigenvalue weighted by Crippen LogP contribution is 2.18. The number of alkyl halides is 1. The molecule has 1 aliphatic rings. The molecule has 0 N–H and O–H groups in total. The normalized spacial score (nSPS) is 17.8. The van der Waals surface area contributed by atoms with Crippen LogP contribution in [0.3, 0.4) is 0 Å². The summed E-state index contributed by atoms with van der Waals surface area (Å²) in [7, 11) is 0. The largest absolute Gasteiger partial charge is 0.377 e. The van der Waals surface area contributed by atoms with E-state index in [1.807, 2.05) is 0 Å². The molecule has 1 aromatic rings. The smallest absolute Gasteiger partial charge is 0.0605 e. The number of nitrogens with zero attached hydrogens (tertiary/aromatic N) is 1. The van der Waals surface area contributed by atoms with Crippen molar-refractivity contribution in [3.8, 4) is 0 Å². The lowest BCUT2D eigenvalue weighted by Gasteiger charge is -2.32. The standard InChI is InChI=1S/C16H24ClNO/c1-13-3-4-14(2)15(11-13)12-18-8-5-16(6-9-18)19-10-7-17/h3-4,11,16H,5-10,12H2,1-2H3. The van der Waals surface area contributed by atoms with Crippen LogP contribution in [-0.4, -0.2) is 36.6 Å². The number of likely N-dealkylation sites (tertiary alicyclic amines) is 1. The second-order valence-corrected chi connectivity index (χ2v) is 5.84. The number of hydrogen-bond donors (Lipinski definition) is 0. The van der Waals surface area contributed by atoms with Crippen LogP contribution in [0.1, 0.15) is 29.5 Å². The first-order chi connectivity index (χ1) is 9.19. The third-order valence-electron chi connectivity index (χ3n) is 3.86. The minimum atomic E-state index is 0.411. The number of benzene rings is 1. The second-order valence-electron chi connectivity index (χ2n) is 5.47. The van der Waals surface area contributed by atoms with Crippen molar-refractivity contribution in [3.63, 3.8) is 0 Å². The van der Waals surface area contributed by atoms with Gasteiger partial charge >= 0.3 is 0 Å². The Morgan fingerprint density at radius 1 is 1.26 bits per heavy atom. The lowest BCUT2D eigenvalue weighted by molar-refractivity contribution is 0.0134. The van der Waals surface area contributed by atoms with Gasteiger partial charge in [0.1, 0.15) is 0 Å². The Balaban J connectivity index is 1.83. The Kier molecular flexibility index (Phi) is 5.68. The van der Waals surface area contributed by atoms with E-state index in [0.29, 0.717) is 18.6 Å². The predicted octanol–water partition coefficient (Wildman–Crippen LogP) is 3.52. The summed E-state index contributed by atoms with van der Waals surface area (Å²) in [5.41, 5.74) is 4.20. The van der Waals surface area contributed by atoms with E-state index in [1.165, 1.54) is 16.7 Å². The van der Waals surface area contributed by atoms with Crippen LogP contribution >= 0.6 is 11.6 Å². The monoisotopic (exact) mass is 281 g/mol. The maximum atomic E-state index is 5.71. The summed E-state index contributed by atoms with van der Waals surface area (Å²) in [5, 5.41) is 0. The van der Waals surface area contributed by atoms with E-state index in [4.69, 9.17) is 16.3 Å². The van der Waals surface area contributed by atoms with Gasteiger partial charge in [-0.1, -0.05) is 23.8 Å². The quantitative estimate of drug-likeness (QED) is 0.766. The highest BCUT2D eigenvalue weighted by atomic mass is 35.5. The van der Waals surface area contributed by atoms with Crippen molar-refractivity contribution < 1.29 is 4.74 Å². The molecule has 2 rings (SSSR count). The van der Waals surface area contributed by atoms with Crippen LogP contribution in [0, 0.1) is 13.8 Å². The molecule has 2 nitrogen and oxygen atoms in total. The van der Waals surface area contributed by atoms with Gasteiger partial charge in [-0.05, 0) is 37.8 Å². The van der Waals surface area contributed by atoms with Gasteiger partial charge in [0.05, 0.1) is 12.7 Å². The van der Waals surface area contributed by atoms with Crippen LogP contribution in [0.5, 0.6) is 0 Å². The Bertz CT molecular complexity index is 400. The molecular weight excluding hydrogens is 258 g/mol. The van der Waals surface area contributed by atoms with E-state index in [1.54, 1.807) is 0 Å². The van der Waals surface area contributed by atoms with Gasteiger partial charge in [0.15, 0.2) is 0 Å². The SMILES string of the molecule is Cc1ccc(C)c(CN2CCC(OCCCl)CC2)c1. The first kappa shape index (κ1) is 14.8. The van der Waals surface area contributed by atoms with Crippen molar-refractivity contribution in [2.45, 2.75) is 39.3 Å². The number of piperidine rings is 1. The van der Waals surface area contributed by atoms with Gasteiger partial charge in [-0.25, -0.2) is 0 Å². The number of ether oxygens (including phenoxy) is 1. The molecule has 1 heterocycles. The van der Waals surface area contributed by atoms with Crippen LogP contribution in [0.2, 0.25) is 0 Å². The maximum Gasteiger partial charge on any atom is 0.0605 e. The van der Waals surface area contributed by atoms with E-state index in [9.17, 15) is 0 Å². The molecule has 1 aliphatic heterocycles. The molecule has 0 radical (unpaired) electrons. The molecule has 0 amide bonds. The molecule has 0 spiro atoms. The van der Waals surface area contributed by atoms with Gasteiger partial charge in [-0.2, -0.15) is 0 Å². The van der Waals surface area contributed by atoms with Gasteiger partial charge in [0, 0.05) is 25.5 Å². The average molecular weight is 282 g/mol. The Hall–Kier alpha value is -0.570. The second kappa shape index (κ2) is 7.28. The molecule has 0 atom stereocenters. The molecule has 1 saturated heterocycles. The Labute approximate surface area is 121 Å². The van der Waals surface area contributed by atoms with Crippen LogP contribution in [-0.2, 0) is 11.3 Å². The maximum absolute atomic E-state index is 5.71. The van der Waals surface area contributed by atoms with Crippen LogP contribution in [0.4, 0.5) is 0 Å². The molecule has 106 valence electrons. The Morgan fingerprint density at radius 2 is 2.00 bits per heavy atom. The molecule has 0 aromatic heterocycles. The summed E-state index contributed by atoms with van der Waals surface area (Å²) < 4.78 is 5.71. The van der Waals surface area contributed by atoms with Gasteiger partial charge < -0.3 is 4.74 Å². The van der Waals surface area contributed by atoms with E-state index in [2.05, 4.69) is 36.9 Å². The van der Waals surface area contributed by atoms with Gasteiger partial charge in [-0.3, -0.25) is 4.90 Å². The molecule has 1 fully saturated rings. The van der Waals surface area contributed by atoms with Crippen molar-refractivity contribution in [1.82, 2.24) is 4.90 Å². The number of halogens is 1. The molecule has 0 saturated carbocycles. The summed E-state index contributed by atoms with van der Waals surface area (Å²) >= 11 is 5.65. The first-order valence-electron chi connectivity index (χ1n) is 7.15. The summed E-state index contributed by atoms with van der Waals surface area (Å²) in [6, 6.07) is 6.72. The zero-order valence-electron chi connectivity index (χ0n) is 12.0. The van der Waals surface area contributed by atoms with Gasteiger partial charge in [-0.15, -0.1) is 11.6 Å². The van der Waals surface area contributed by atoms with E-state index in [0.717, 1.165) is 32.5 Å². The first-order valence-corrected chi connectivity index (χ1v) is 7.68. The van der Waals surface area contributed by atoms with Crippen molar-refractivity contribution in [1.29, 1.82) is 0 Å². The van der Waals surface area contributed by atoms with Crippen molar-refractivity contribution in [2.75, 3.05) is 25.6 Å². The fourth-order valence-corrected chi connectivity index (χ4v) is 2.75. The average Bonchev–Trinajstić information content (AvgIpc) is 2.42. The molecule has 0 bridgehead atoms. The van der Waals surface area contributed by atoms with Gasteiger partial charge in [0.2, 0.25) is 0 Å². The fourth-order valence-electron chi connectivity index (χ4n) is 2.66. The number of rotatable bonds is 5. The fraction of sp³-hybridized carbons (Fsp3) is 0.625. The molecular formula is C16H24ClNO. The summed E-state index contributed by atoms with van der Waals surface area (Å²) in [6.45, 7) is 8.36.